The first-order valence-corrected chi connectivity index (χ1v) is 7.22. The highest BCUT2D eigenvalue weighted by atomic mass is 16.5. The maximum absolute atomic E-state index is 6.07. The standard InChI is InChI=1S/C15H23N5O/c1-7-16-14-12(9(2)3)15(18-8-17-14)21-13-10(4)19-20(6)11(13)5/h8-9H,7H2,1-6H3,(H,16,17,18). The SMILES string of the molecule is CCNc1ncnc(Oc2c(C)nn(C)c2C)c1C(C)C. The summed E-state index contributed by atoms with van der Waals surface area (Å²) in [6.07, 6.45) is 1.53. The molecular weight excluding hydrogens is 266 g/mol. The molecule has 0 amide bonds. The lowest BCUT2D eigenvalue weighted by Gasteiger charge is -2.16. The molecule has 0 bridgehead atoms. The van der Waals surface area contributed by atoms with E-state index in [2.05, 4.69) is 34.2 Å². The van der Waals surface area contributed by atoms with E-state index in [9.17, 15) is 0 Å². The van der Waals surface area contributed by atoms with E-state index in [1.54, 1.807) is 0 Å². The van der Waals surface area contributed by atoms with Crippen molar-refractivity contribution in [3.63, 3.8) is 0 Å². The van der Waals surface area contributed by atoms with Gasteiger partial charge in [0.15, 0.2) is 5.75 Å². The average molecular weight is 289 g/mol. The molecule has 2 aromatic rings. The van der Waals surface area contributed by atoms with Gasteiger partial charge in [-0.05, 0) is 26.7 Å². The second-order valence-electron chi connectivity index (χ2n) is 5.35. The Kier molecular flexibility index (Phi) is 4.45. The van der Waals surface area contributed by atoms with Gasteiger partial charge in [0.2, 0.25) is 5.88 Å². The van der Waals surface area contributed by atoms with Crippen molar-refractivity contribution >= 4 is 5.82 Å². The van der Waals surface area contributed by atoms with Crippen LogP contribution in [0.15, 0.2) is 6.33 Å². The Hall–Kier alpha value is -2.11. The number of aryl methyl sites for hydroxylation is 2. The van der Waals surface area contributed by atoms with E-state index >= 15 is 0 Å². The number of rotatable bonds is 5. The lowest BCUT2D eigenvalue weighted by molar-refractivity contribution is 0.444. The van der Waals surface area contributed by atoms with E-state index in [-0.39, 0.29) is 5.92 Å². The molecule has 1 N–H and O–H groups in total. The van der Waals surface area contributed by atoms with Crippen LogP contribution < -0.4 is 10.1 Å². The zero-order valence-corrected chi connectivity index (χ0v) is 13.6. The average Bonchev–Trinajstić information content (AvgIpc) is 2.66. The van der Waals surface area contributed by atoms with Gasteiger partial charge in [0, 0.05) is 13.6 Å². The highest BCUT2D eigenvalue weighted by molar-refractivity contribution is 5.52. The molecular formula is C15H23N5O. The Labute approximate surface area is 125 Å². The molecule has 0 unspecified atom stereocenters. The molecule has 0 saturated carbocycles. The Balaban J connectivity index is 2.46. The molecule has 0 saturated heterocycles. The van der Waals surface area contributed by atoms with Gasteiger partial charge in [0.05, 0.1) is 11.3 Å². The first-order chi connectivity index (χ1) is 9.95. The summed E-state index contributed by atoms with van der Waals surface area (Å²) in [6, 6.07) is 0. The van der Waals surface area contributed by atoms with Gasteiger partial charge in [-0.1, -0.05) is 13.8 Å². The number of hydrogen-bond acceptors (Lipinski definition) is 5. The number of nitrogens with one attached hydrogen (secondary N) is 1. The zero-order chi connectivity index (χ0) is 15.6. The van der Waals surface area contributed by atoms with Crippen LogP contribution in [0.4, 0.5) is 5.82 Å². The van der Waals surface area contributed by atoms with E-state index < -0.39 is 0 Å². The predicted molar refractivity (Wildman–Crippen MR) is 83.0 cm³/mol. The van der Waals surface area contributed by atoms with Gasteiger partial charge in [-0.25, -0.2) is 9.97 Å². The molecule has 6 heteroatoms. The molecule has 0 aliphatic carbocycles. The molecule has 0 aliphatic rings. The van der Waals surface area contributed by atoms with E-state index in [0.717, 1.165) is 35.1 Å². The van der Waals surface area contributed by atoms with Crippen molar-refractivity contribution in [3.05, 3.63) is 23.3 Å². The quantitative estimate of drug-likeness (QED) is 0.915. The van der Waals surface area contributed by atoms with Gasteiger partial charge < -0.3 is 10.1 Å². The van der Waals surface area contributed by atoms with Crippen LogP contribution >= 0.6 is 0 Å². The fourth-order valence-electron chi connectivity index (χ4n) is 2.29. The monoisotopic (exact) mass is 289 g/mol. The molecule has 0 radical (unpaired) electrons. The lowest BCUT2D eigenvalue weighted by Crippen LogP contribution is -2.07. The van der Waals surface area contributed by atoms with E-state index in [1.807, 2.05) is 32.5 Å². The largest absolute Gasteiger partial charge is 0.435 e. The summed E-state index contributed by atoms with van der Waals surface area (Å²) in [4.78, 5) is 8.64. The van der Waals surface area contributed by atoms with Crippen LogP contribution in [0.1, 0.15) is 43.6 Å². The number of anilines is 1. The molecule has 0 aromatic carbocycles. The van der Waals surface area contributed by atoms with Crippen molar-refractivity contribution in [1.82, 2.24) is 19.7 Å². The molecule has 2 heterocycles. The van der Waals surface area contributed by atoms with Gasteiger partial charge in [0.1, 0.15) is 17.8 Å². The Morgan fingerprint density at radius 1 is 1.29 bits per heavy atom. The maximum Gasteiger partial charge on any atom is 0.228 e. The van der Waals surface area contributed by atoms with Gasteiger partial charge >= 0.3 is 0 Å². The van der Waals surface area contributed by atoms with Crippen molar-refractivity contribution < 1.29 is 4.74 Å². The van der Waals surface area contributed by atoms with Crippen LogP contribution in [0.25, 0.3) is 0 Å². The molecule has 2 aromatic heterocycles. The molecule has 0 fully saturated rings. The van der Waals surface area contributed by atoms with Gasteiger partial charge in [-0.15, -0.1) is 0 Å². The topological polar surface area (TPSA) is 64.9 Å². The second kappa shape index (κ2) is 6.11. The summed E-state index contributed by atoms with van der Waals surface area (Å²) >= 11 is 0. The van der Waals surface area contributed by atoms with Gasteiger partial charge in [0.25, 0.3) is 0 Å². The normalized spacial score (nSPS) is 11.0. The van der Waals surface area contributed by atoms with Crippen LogP contribution in [0, 0.1) is 13.8 Å². The molecule has 2 rings (SSSR count). The summed E-state index contributed by atoms with van der Waals surface area (Å²) in [6.45, 7) is 11.0. The van der Waals surface area contributed by atoms with Crippen molar-refractivity contribution in [2.75, 3.05) is 11.9 Å². The van der Waals surface area contributed by atoms with Crippen molar-refractivity contribution in [2.24, 2.45) is 7.05 Å². The van der Waals surface area contributed by atoms with E-state index in [1.165, 1.54) is 6.33 Å². The minimum absolute atomic E-state index is 0.257. The predicted octanol–water partition coefficient (Wildman–Crippen LogP) is 3.17. The summed E-state index contributed by atoms with van der Waals surface area (Å²) in [5.41, 5.74) is 2.82. The highest BCUT2D eigenvalue weighted by Gasteiger charge is 2.19. The van der Waals surface area contributed by atoms with Gasteiger partial charge in [-0.3, -0.25) is 4.68 Å². The number of ether oxygens (including phenoxy) is 1. The Bertz CT molecular complexity index is 633. The highest BCUT2D eigenvalue weighted by Crippen LogP contribution is 2.35. The van der Waals surface area contributed by atoms with Crippen molar-refractivity contribution in [2.45, 2.75) is 40.5 Å². The number of aromatic nitrogens is 4. The van der Waals surface area contributed by atoms with Crippen LogP contribution in [0.5, 0.6) is 11.6 Å². The minimum Gasteiger partial charge on any atom is -0.435 e. The van der Waals surface area contributed by atoms with Crippen LogP contribution in [-0.4, -0.2) is 26.3 Å². The van der Waals surface area contributed by atoms with Crippen LogP contribution in [-0.2, 0) is 7.05 Å². The third-order valence-electron chi connectivity index (χ3n) is 3.41. The molecule has 21 heavy (non-hydrogen) atoms. The van der Waals surface area contributed by atoms with Crippen LogP contribution in [0.2, 0.25) is 0 Å². The summed E-state index contributed by atoms with van der Waals surface area (Å²) < 4.78 is 7.88. The first kappa shape index (κ1) is 15.3. The van der Waals surface area contributed by atoms with Crippen LogP contribution in [0.3, 0.4) is 0 Å². The number of nitrogens with zero attached hydrogens (tertiary/aromatic N) is 4. The minimum atomic E-state index is 0.257. The Morgan fingerprint density at radius 2 is 2.00 bits per heavy atom. The van der Waals surface area contributed by atoms with E-state index in [0.29, 0.717) is 5.88 Å². The fraction of sp³-hybridized carbons (Fsp3) is 0.533. The molecule has 0 spiro atoms. The molecule has 6 nitrogen and oxygen atoms in total. The summed E-state index contributed by atoms with van der Waals surface area (Å²) in [5, 5.41) is 7.64. The van der Waals surface area contributed by atoms with Crippen molar-refractivity contribution in [3.8, 4) is 11.6 Å². The zero-order valence-electron chi connectivity index (χ0n) is 13.6. The van der Waals surface area contributed by atoms with Crippen molar-refractivity contribution in [1.29, 1.82) is 0 Å². The second-order valence-corrected chi connectivity index (χ2v) is 5.35. The summed E-state index contributed by atoms with van der Waals surface area (Å²) in [7, 11) is 1.91. The number of hydrogen-bond donors (Lipinski definition) is 1. The smallest absolute Gasteiger partial charge is 0.228 e. The molecule has 0 atom stereocenters. The van der Waals surface area contributed by atoms with Gasteiger partial charge in [-0.2, -0.15) is 5.10 Å². The Morgan fingerprint density at radius 3 is 2.52 bits per heavy atom. The van der Waals surface area contributed by atoms with E-state index in [4.69, 9.17) is 4.74 Å². The third-order valence-corrected chi connectivity index (χ3v) is 3.41. The molecule has 114 valence electrons. The fourth-order valence-corrected chi connectivity index (χ4v) is 2.29. The maximum atomic E-state index is 6.07. The molecule has 0 aliphatic heterocycles. The first-order valence-electron chi connectivity index (χ1n) is 7.22. The third kappa shape index (κ3) is 2.99. The lowest BCUT2D eigenvalue weighted by atomic mass is 10.1. The summed E-state index contributed by atoms with van der Waals surface area (Å²) in [5.74, 6) is 2.44.